The Kier molecular flexibility index (Phi) is 8.70. The van der Waals surface area contributed by atoms with Crippen LogP contribution in [0.4, 0.5) is 5.69 Å². The minimum Gasteiger partial charge on any atom is -0.386 e. The van der Waals surface area contributed by atoms with Crippen molar-refractivity contribution >= 4 is 35.6 Å². The summed E-state index contributed by atoms with van der Waals surface area (Å²) < 4.78 is 0. The Morgan fingerprint density at radius 2 is 1.75 bits per heavy atom. The number of anilines is 1. The number of hydrogen-bond acceptors (Lipinski definition) is 3. The van der Waals surface area contributed by atoms with E-state index in [9.17, 15) is 5.11 Å². The third kappa shape index (κ3) is 5.45. The third-order valence-corrected chi connectivity index (χ3v) is 3.78. The summed E-state index contributed by atoms with van der Waals surface area (Å²) in [5, 5.41) is 13.3. The molecule has 130 valence electrons. The van der Waals surface area contributed by atoms with Crippen molar-refractivity contribution in [1.29, 1.82) is 0 Å². The predicted molar refractivity (Wildman–Crippen MR) is 110 cm³/mol. The highest BCUT2D eigenvalue weighted by atomic mass is 127. The number of aliphatic hydroxyl groups is 1. The molecular weight excluding hydrogens is 415 g/mol. The summed E-state index contributed by atoms with van der Waals surface area (Å²) in [5.74, 6) is 0.314. The van der Waals surface area contributed by atoms with Crippen LogP contribution in [0.2, 0.25) is 0 Å². The molecule has 6 heteroatoms. The molecule has 0 saturated heterocycles. The Hall–Kier alpha value is -1.67. The average Bonchev–Trinajstić information content (AvgIpc) is 2.60. The lowest BCUT2D eigenvalue weighted by molar-refractivity contribution is 0.187. The van der Waals surface area contributed by atoms with E-state index in [0.29, 0.717) is 5.96 Å². The molecule has 24 heavy (non-hydrogen) atoms. The largest absolute Gasteiger partial charge is 0.386 e. The Bertz CT molecular complexity index is 639. The van der Waals surface area contributed by atoms with Gasteiger partial charge in [-0.1, -0.05) is 32.0 Å². The lowest BCUT2D eigenvalue weighted by Gasteiger charge is -2.15. The molecule has 1 atom stereocenters. The van der Waals surface area contributed by atoms with Gasteiger partial charge in [0.1, 0.15) is 0 Å². The average molecular weight is 440 g/mol. The molecule has 0 aliphatic rings. The van der Waals surface area contributed by atoms with E-state index >= 15 is 0 Å². The number of pyridine rings is 1. The van der Waals surface area contributed by atoms with Crippen molar-refractivity contribution in [2.75, 3.05) is 11.9 Å². The summed E-state index contributed by atoms with van der Waals surface area (Å²) in [6.07, 6.45) is 4.45. The van der Waals surface area contributed by atoms with Crippen molar-refractivity contribution in [1.82, 2.24) is 4.98 Å². The van der Waals surface area contributed by atoms with E-state index in [1.165, 1.54) is 11.1 Å². The van der Waals surface area contributed by atoms with E-state index in [0.717, 1.165) is 24.1 Å². The van der Waals surface area contributed by atoms with Gasteiger partial charge in [-0.15, -0.1) is 24.0 Å². The molecule has 1 aromatic carbocycles. The fraction of sp³-hybridized carbons (Fsp3) is 0.333. The fourth-order valence-corrected chi connectivity index (χ4v) is 2.45. The molecule has 4 N–H and O–H groups in total. The predicted octanol–water partition coefficient (Wildman–Crippen LogP) is 3.28. The molecule has 0 bridgehead atoms. The zero-order valence-electron chi connectivity index (χ0n) is 14.1. The van der Waals surface area contributed by atoms with Gasteiger partial charge in [0.15, 0.2) is 5.96 Å². The molecule has 0 aliphatic carbocycles. The standard InChI is InChI=1S/C18H24N4O.HI/c1-3-13-6-5-7-14(4-2)17(13)22-18(19)21-12-16(23)15-8-10-20-11-9-15;/h5-11,16,23H,3-4,12H2,1-2H3,(H3,19,21,22);1H. The van der Waals surface area contributed by atoms with E-state index in [1.54, 1.807) is 24.5 Å². The highest BCUT2D eigenvalue weighted by molar-refractivity contribution is 14.0. The van der Waals surface area contributed by atoms with Gasteiger partial charge in [-0.2, -0.15) is 0 Å². The molecule has 0 spiro atoms. The number of halogens is 1. The van der Waals surface area contributed by atoms with Crippen LogP contribution in [0.3, 0.4) is 0 Å². The fourth-order valence-electron chi connectivity index (χ4n) is 2.45. The highest BCUT2D eigenvalue weighted by Gasteiger charge is 2.09. The maximum atomic E-state index is 10.1. The Labute approximate surface area is 160 Å². The first-order chi connectivity index (χ1) is 11.2. The highest BCUT2D eigenvalue weighted by Crippen LogP contribution is 2.22. The van der Waals surface area contributed by atoms with Crippen molar-refractivity contribution in [2.45, 2.75) is 32.8 Å². The number of aromatic nitrogens is 1. The van der Waals surface area contributed by atoms with E-state index in [-0.39, 0.29) is 30.5 Å². The first-order valence-electron chi connectivity index (χ1n) is 7.91. The van der Waals surface area contributed by atoms with Crippen LogP contribution in [0.1, 0.15) is 36.6 Å². The number of benzene rings is 1. The summed E-state index contributed by atoms with van der Waals surface area (Å²) >= 11 is 0. The Morgan fingerprint density at radius 1 is 1.17 bits per heavy atom. The second-order valence-corrected chi connectivity index (χ2v) is 5.31. The van der Waals surface area contributed by atoms with Gasteiger partial charge in [-0.05, 0) is 41.7 Å². The Balaban J connectivity index is 0.00000288. The molecule has 2 aromatic rings. The second kappa shape index (κ2) is 10.2. The number of guanidine groups is 1. The van der Waals surface area contributed by atoms with Gasteiger partial charge in [0.25, 0.3) is 0 Å². The zero-order valence-corrected chi connectivity index (χ0v) is 16.4. The number of nitrogens with one attached hydrogen (secondary N) is 1. The summed E-state index contributed by atoms with van der Waals surface area (Å²) in [6.45, 7) is 4.43. The van der Waals surface area contributed by atoms with Crippen LogP contribution in [0, 0.1) is 0 Å². The van der Waals surface area contributed by atoms with E-state index < -0.39 is 6.10 Å². The molecule has 0 aliphatic heterocycles. The topological polar surface area (TPSA) is 83.5 Å². The van der Waals surface area contributed by atoms with Crippen LogP contribution >= 0.6 is 24.0 Å². The van der Waals surface area contributed by atoms with E-state index in [1.807, 2.05) is 0 Å². The first-order valence-corrected chi connectivity index (χ1v) is 7.91. The number of para-hydroxylation sites is 1. The maximum absolute atomic E-state index is 10.1. The van der Waals surface area contributed by atoms with Crippen LogP contribution in [-0.2, 0) is 12.8 Å². The van der Waals surface area contributed by atoms with Gasteiger partial charge in [-0.25, -0.2) is 0 Å². The van der Waals surface area contributed by atoms with Crippen molar-refractivity contribution in [2.24, 2.45) is 10.7 Å². The van der Waals surface area contributed by atoms with Gasteiger partial charge in [-0.3, -0.25) is 9.98 Å². The van der Waals surface area contributed by atoms with Crippen molar-refractivity contribution in [3.63, 3.8) is 0 Å². The molecule has 1 unspecified atom stereocenters. The Morgan fingerprint density at radius 3 is 2.29 bits per heavy atom. The van der Waals surface area contributed by atoms with Crippen molar-refractivity contribution in [3.8, 4) is 0 Å². The van der Waals surface area contributed by atoms with Crippen LogP contribution < -0.4 is 11.1 Å². The normalized spacial score (nSPS) is 12.4. The van der Waals surface area contributed by atoms with Crippen LogP contribution in [0.25, 0.3) is 0 Å². The van der Waals surface area contributed by atoms with Crippen LogP contribution in [0.5, 0.6) is 0 Å². The second-order valence-electron chi connectivity index (χ2n) is 5.31. The molecule has 5 nitrogen and oxygen atoms in total. The van der Waals surface area contributed by atoms with Gasteiger partial charge in [0.05, 0.1) is 12.6 Å². The van der Waals surface area contributed by atoms with Crippen LogP contribution in [-0.4, -0.2) is 22.6 Å². The molecule has 0 amide bonds. The number of aliphatic hydroxyl groups excluding tert-OH is 1. The third-order valence-electron chi connectivity index (χ3n) is 3.78. The molecule has 0 radical (unpaired) electrons. The summed E-state index contributed by atoms with van der Waals surface area (Å²) in [4.78, 5) is 8.19. The van der Waals surface area contributed by atoms with Crippen molar-refractivity contribution in [3.05, 3.63) is 59.4 Å². The van der Waals surface area contributed by atoms with E-state index in [2.05, 4.69) is 47.3 Å². The zero-order chi connectivity index (χ0) is 16.7. The maximum Gasteiger partial charge on any atom is 0.193 e. The van der Waals surface area contributed by atoms with Gasteiger partial charge in [0.2, 0.25) is 0 Å². The van der Waals surface area contributed by atoms with E-state index in [4.69, 9.17) is 5.73 Å². The molecule has 2 rings (SSSR count). The minimum atomic E-state index is -0.689. The van der Waals surface area contributed by atoms with Crippen LogP contribution in [0.15, 0.2) is 47.7 Å². The van der Waals surface area contributed by atoms with Gasteiger partial charge >= 0.3 is 0 Å². The number of hydrogen-bond donors (Lipinski definition) is 3. The summed E-state index contributed by atoms with van der Waals surface area (Å²) in [5.41, 5.74) is 10.2. The lowest BCUT2D eigenvalue weighted by Crippen LogP contribution is -2.25. The molecule has 1 aromatic heterocycles. The van der Waals surface area contributed by atoms with Gasteiger partial charge < -0.3 is 16.2 Å². The summed E-state index contributed by atoms with van der Waals surface area (Å²) in [6, 6.07) is 9.77. The lowest BCUT2D eigenvalue weighted by atomic mass is 10.0. The van der Waals surface area contributed by atoms with Gasteiger partial charge in [0, 0.05) is 18.1 Å². The molecule has 0 saturated carbocycles. The minimum absolute atomic E-state index is 0. The first kappa shape index (κ1) is 20.4. The smallest absolute Gasteiger partial charge is 0.193 e. The number of nitrogens with zero attached hydrogens (tertiary/aromatic N) is 2. The number of aliphatic imine (C=N–C) groups is 1. The number of nitrogens with two attached hydrogens (primary N) is 1. The quantitative estimate of drug-likeness (QED) is 0.366. The molecule has 1 heterocycles. The molecular formula is C18H25IN4O. The number of aryl methyl sites for hydroxylation is 2. The number of rotatable bonds is 6. The monoisotopic (exact) mass is 440 g/mol. The van der Waals surface area contributed by atoms with Crippen molar-refractivity contribution < 1.29 is 5.11 Å². The molecule has 0 fully saturated rings. The summed E-state index contributed by atoms with van der Waals surface area (Å²) in [7, 11) is 0. The SMILES string of the molecule is CCc1cccc(CC)c1NC(N)=NCC(O)c1ccncc1.I.